The lowest BCUT2D eigenvalue weighted by Crippen LogP contribution is -2.25. The van der Waals surface area contributed by atoms with Gasteiger partial charge in [-0.1, -0.05) is 36.8 Å². The SMILES string of the molecule is CC(CC(C)(c1ccc(OCCO)cc1)c1ccc(OCCO)cc1)=C(C)C(=O)O. The number of benzene rings is 2. The van der Waals surface area contributed by atoms with Crippen LogP contribution in [0, 0.1) is 0 Å². The molecule has 0 saturated carbocycles. The lowest BCUT2D eigenvalue weighted by Gasteiger charge is -2.32. The van der Waals surface area contributed by atoms with Gasteiger partial charge in [0, 0.05) is 11.0 Å². The summed E-state index contributed by atoms with van der Waals surface area (Å²) in [6.45, 7) is 5.90. The number of aliphatic hydroxyl groups excluding tert-OH is 2. The van der Waals surface area contributed by atoms with Crippen LogP contribution < -0.4 is 9.47 Å². The van der Waals surface area contributed by atoms with Gasteiger partial charge in [-0.2, -0.15) is 0 Å². The van der Waals surface area contributed by atoms with E-state index in [1.165, 1.54) is 0 Å². The van der Waals surface area contributed by atoms with E-state index in [1.807, 2.05) is 55.5 Å². The van der Waals surface area contributed by atoms with Crippen LogP contribution in [-0.4, -0.2) is 47.7 Å². The molecule has 0 heterocycles. The first-order chi connectivity index (χ1) is 14.3. The number of carboxylic acids is 1. The molecule has 6 heteroatoms. The number of aliphatic carboxylic acids is 1. The second-order valence-electron chi connectivity index (χ2n) is 7.41. The van der Waals surface area contributed by atoms with E-state index >= 15 is 0 Å². The number of carbonyl (C=O) groups is 1. The average molecular weight is 414 g/mol. The molecule has 2 aromatic rings. The summed E-state index contributed by atoms with van der Waals surface area (Å²) in [6.07, 6.45) is 0.527. The third kappa shape index (κ3) is 5.84. The number of rotatable bonds is 11. The van der Waals surface area contributed by atoms with Crippen molar-refractivity contribution < 1.29 is 29.6 Å². The van der Waals surface area contributed by atoms with Gasteiger partial charge in [-0.15, -0.1) is 0 Å². The highest BCUT2D eigenvalue weighted by Crippen LogP contribution is 2.39. The van der Waals surface area contributed by atoms with Crippen LogP contribution >= 0.6 is 0 Å². The second-order valence-corrected chi connectivity index (χ2v) is 7.41. The van der Waals surface area contributed by atoms with E-state index in [4.69, 9.17) is 19.7 Å². The maximum absolute atomic E-state index is 11.5. The van der Waals surface area contributed by atoms with Gasteiger partial charge >= 0.3 is 5.97 Å². The maximum Gasteiger partial charge on any atom is 0.331 e. The minimum Gasteiger partial charge on any atom is -0.491 e. The molecule has 0 unspecified atom stereocenters. The average Bonchev–Trinajstić information content (AvgIpc) is 2.76. The van der Waals surface area contributed by atoms with Gasteiger partial charge in [-0.3, -0.25) is 0 Å². The summed E-state index contributed by atoms with van der Waals surface area (Å²) in [5.74, 6) is 0.407. The van der Waals surface area contributed by atoms with Gasteiger partial charge in [0.05, 0.1) is 13.2 Å². The molecule has 6 nitrogen and oxygen atoms in total. The van der Waals surface area contributed by atoms with Crippen LogP contribution in [-0.2, 0) is 10.2 Å². The monoisotopic (exact) mass is 414 g/mol. The molecule has 2 rings (SSSR count). The van der Waals surface area contributed by atoms with Crippen molar-refractivity contribution in [2.75, 3.05) is 26.4 Å². The van der Waals surface area contributed by atoms with Crippen LogP contribution in [0.5, 0.6) is 11.5 Å². The molecule has 162 valence electrons. The first kappa shape index (κ1) is 23.4. The predicted octanol–water partition coefficient (Wildman–Crippen LogP) is 3.55. The Labute approximate surface area is 177 Å². The number of carboxylic acid groups (broad SMARTS) is 1. The normalized spacial score (nSPS) is 12.3. The van der Waals surface area contributed by atoms with Crippen molar-refractivity contribution in [1.29, 1.82) is 0 Å². The standard InChI is InChI=1S/C24H30O6/c1-17(18(2)23(27)28)16-24(3,19-4-8-21(9-5-19)29-14-12-25)20-6-10-22(11-7-20)30-15-13-26/h4-11,25-26H,12-16H2,1-3H3,(H,27,28). The first-order valence-corrected chi connectivity index (χ1v) is 9.90. The van der Waals surface area contributed by atoms with Gasteiger partial charge in [0.2, 0.25) is 0 Å². The number of allylic oxidation sites excluding steroid dienone is 1. The van der Waals surface area contributed by atoms with Gasteiger partial charge in [0.25, 0.3) is 0 Å². The summed E-state index contributed by atoms with van der Waals surface area (Å²) < 4.78 is 10.9. The topological polar surface area (TPSA) is 96.2 Å². The van der Waals surface area contributed by atoms with Gasteiger partial charge in [0.1, 0.15) is 24.7 Å². The molecule has 0 aliphatic heterocycles. The molecule has 0 radical (unpaired) electrons. The van der Waals surface area contributed by atoms with E-state index in [0.717, 1.165) is 16.7 Å². The highest BCUT2D eigenvalue weighted by molar-refractivity contribution is 5.86. The Morgan fingerprint density at radius 2 is 1.23 bits per heavy atom. The highest BCUT2D eigenvalue weighted by atomic mass is 16.5. The van der Waals surface area contributed by atoms with E-state index in [2.05, 4.69) is 6.92 Å². The van der Waals surface area contributed by atoms with E-state index in [0.29, 0.717) is 23.5 Å². The van der Waals surface area contributed by atoms with Crippen LogP contribution in [0.15, 0.2) is 59.7 Å². The molecule has 0 aliphatic carbocycles. The third-order valence-electron chi connectivity index (χ3n) is 5.28. The van der Waals surface area contributed by atoms with Crippen LogP contribution in [0.25, 0.3) is 0 Å². The van der Waals surface area contributed by atoms with Crippen molar-refractivity contribution in [3.05, 3.63) is 70.8 Å². The molecular weight excluding hydrogens is 384 g/mol. The van der Waals surface area contributed by atoms with Gasteiger partial charge in [0.15, 0.2) is 0 Å². The number of ether oxygens (including phenoxy) is 2. The molecule has 0 aromatic heterocycles. The fourth-order valence-electron chi connectivity index (χ4n) is 3.38. The van der Waals surface area contributed by atoms with E-state index in [-0.39, 0.29) is 26.4 Å². The summed E-state index contributed by atoms with van der Waals surface area (Å²) in [5, 5.41) is 27.3. The maximum atomic E-state index is 11.5. The quantitative estimate of drug-likeness (QED) is 0.487. The lowest BCUT2D eigenvalue weighted by molar-refractivity contribution is -0.132. The Morgan fingerprint density at radius 1 is 0.833 bits per heavy atom. The minimum atomic E-state index is -0.921. The first-order valence-electron chi connectivity index (χ1n) is 9.90. The predicted molar refractivity (Wildman–Crippen MR) is 115 cm³/mol. The molecule has 0 aliphatic rings. The highest BCUT2D eigenvalue weighted by Gasteiger charge is 2.30. The Kier molecular flexibility index (Phi) is 8.45. The summed E-state index contributed by atoms with van der Waals surface area (Å²) in [6, 6.07) is 15.3. The van der Waals surface area contributed by atoms with Gasteiger partial charge < -0.3 is 24.8 Å². The molecule has 0 bridgehead atoms. The zero-order valence-corrected chi connectivity index (χ0v) is 17.7. The van der Waals surface area contributed by atoms with Crippen molar-refractivity contribution in [1.82, 2.24) is 0 Å². The Hall–Kier alpha value is -2.83. The summed E-state index contributed by atoms with van der Waals surface area (Å²) in [5.41, 5.74) is 2.69. The molecule has 0 atom stereocenters. The molecule has 2 aromatic carbocycles. The Bertz CT molecular complexity index is 801. The largest absolute Gasteiger partial charge is 0.491 e. The molecular formula is C24H30O6. The van der Waals surface area contributed by atoms with Crippen molar-refractivity contribution in [2.24, 2.45) is 0 Å². The van der Waals surface area contributed by atoms with E-state index in [1.54, 1.807) is 6.92 Å². The Morgan fingerprint density at radius 3 is 1.57 bits per heavy atom. The minimum absolute atomic E-state index is 0.0530. The fourth-order valence-corrected chi connectivity index (χ4v) is 3.38. The van der Waals surface area contributed by atoms with Gasteiger partial charge in [-0.25, -0.2) is 4.79 Å². The van der Waals surface area contributed by atoms with Crippen LogP contribution in [0.3, 0.4) is 0 Å². The summed E-state index contributed by atoms with van der Waals surface area (Å²) in [7, 11) is 0. The van der Waals surface area contributed by atoms with E-state index in [9.17, 15) is 9.90 Å². The van der Waals surface area contributed by atoms with Crippen LogP contribution in [0.2, 0.25) is 0 Å². The van der Waals surface area contributed by atoms with Crippen molar-refractivity contribution in [2.45, 2.75) is 32.6 Å². The van der Waals surface area contributed by atoms with Gasteiger partial charge in [-0.05, 0) is 55.7 Å². The van der Waals surface area contributed by atoms with E-state index < -0.39 is 11.4 Å². The number of hydrogen-bond acceptors (Lipinski definition) is 5. The molecule has 0 fully saturated rings. The van der Waals surface area contributed by atoms with Crippen LogP contribution in [0.4, 0.5) is 0 Å². The Balaban J connectivity index is 2.44. The second kappa shape index (κ2) is 10.8. The third-order valence-corrected chi connectivity index (χ3v) is 5.28. The number of hydrogen-bond donors (Lipinski definition) is 3. The zero-order chi connectivity index (χ0) is 22.1. The van der Waals surface area contributed by atoms with Crippen LogP contribution in [0.1, 0.15) is 38.3 Å². The summed E-state index contributed by atoms with van der Waals surface area (Å²) in [4.78, 5) is 11.5. The fraction of sp³-hybridized carbons (Fsp3) is 0.375. The number of aliphatic hydroxyl groups is 2. The molecule has 0 saturated heterocycles. The molecule has 3 N–H and O–H groups in total. The van der Waals surface area contributed by atoms with Crippen molar-refractivity contribution in [3.63, 3.8) is 0 Å². The van der Waals surface area contributed by atoms with Crippen molar-refractivity contribution in [3.8, 4) is 11.5 Å². The molecule has 0 amide bonds. The zero-order valence-electron chi connectivity index (χ0n) is 17.7. The smallest absolute Gasteiger partial charge is 0.331 e. The molecule has 0 spiro atoms. The van der Waals surface area contributed by atoms with Crippen molar-refractivity contribution >= 4 is 5.97 Å². The molecule has 30 heavy (non-hydrogen) atoms. The lowest BCUT2D eigenvalue weighted by atomic mass is 9.71. The summed E-state index contributed by atoms with van der Waals surface area (Å²) >= 11 is 0.